The molecule has 0 bridgehead atoms. The summed E-state index contributed by atoms with van der Waals surface area (Å²) >= 11 is 0. The number of urea groups is 1. The summed E-state index contributed by atoms with van der Waals surface area (Å²) in [4.78, 5) is 29.9. The van der Waals surface area contributed by atoms with Crippen LogP contribution < -0.4 is 5.32 Å². The molecule has 0 aliphatic carbocycles. The summed E-state index contributed by atoms with van der Waals surface area (Å²) in [7, 11) is 0. The first-order valence-electron chi connectivity index (χ1n) is 11.7. The average molecular weight is 443 g/mol. The number of aromatic nitrogens is 1. The van der Waals surface area contributed by atoms with Crippen molar-refractivity contribution in [3.05, 3.63) is 83.7 Å². The van der Waals surface area contributed by atoms with Crippen LogP contribution in [-0.2, 0) is 23.3 Å². The number of benzene rings is 2. The first kappa shape index (κ1) is 21.3. The summed E-state index contributed by atoms with van der Waals surface area (Å²) in [6.45, 7) is 5.49. The zero-order valence-corrected chi connectivity index (χ0v) is 19.3. The number of rotatable bonds is 2. The fourth-order valence-corrected chi connectivity index (χ4v) is 5.43. The minimum Gasteiger partial charge on any atom is -0.343 e. The van der Waals surface area contributed by atoms with Crippen LogP contribution in [0.2, 0.25) is 0 Å². The van der Waals surface area contributed by atoms with E-state index in [1.807, 2.05) is 40.1 Å². The van der Waals surface area contributed by atoms with Crippen molar-refractivity contribution in [1.82, 2.24) is 14.4 Å². The monoisotopic (exact) mass is 442 g/mol. The van der Waals surface area contributed by atoms with Gasteiger partial charge in [-0.3, -0.25) is 4.79 Å². The van der Waals surface area contributed by atoms with E-state index in [4.69, 9.17) is 0 Å². The highest BCUT2D eigenvalue weighted by molar-refractivity contribution is 5.91. The van der Waals surface area contributed by atoms with Crippen molar-refractivity contribution in [3.63, 3.8) is 0 Å². The normalized spacial score (nSPS) is 16.7. The molecule has 2 aliphatic heterocycles. The van der Waals surface area contributed by atoms with E-state index in [2.05, 4.69) is 53.3 Å². The van der Waals surface area contributed by atoms with Crippen molar-refractivity contribution < 1.29 is 9.59 Å². The van der Waals surface area contributed by atoms with Crippen LogP contribution in [0.1, 0.15) is 43.5 Å². The van der Waals surface area contributed by atoms with Gasteiger partial charge in [0.1, 0.15) is 0 Å². The van der Waals surface area contributed by atoms with Gasteiger partial charge in [-0.15, -0.1) is 0 Å². The van der Waals surface area contributed by atoms with Crippen LogP contribution in [0.15, 0.2) is 66.9 Å². The molecule has 6 heteroatoms. The van der Waals surface area contributed by atoms with Crippen LogP contribution in [0.25, 0.3) is 5.69 Å². The summed E-state index contributed by atoms with van der Waals surface area (Å²) in [5.74, 6) is 0.0880. The molecule has 2 aliphatic rings. The Labute approximate surface area is 194 Å². The molecular weight excluding hydrogens is 412 g/mol. The fourth-order valence-electron chi connectivity index (χ4n) is 5.43. The number of amides is 3. The van der Waals surface area contributed by atoms with Gasteiger partial charge in [-0.05, 0) is 54.7 Å². The second-order valence-electron chi connectivity index (χ2n) is 8.96. The molecule has 0 radical (unpaired) electrons. The Morgan fingerprint density at radius 1 is 0.970 bits per heavy atom. The third-order valence-electron chi connectivity index (χ3n) is 7.24. The lowest BCUT2D eigenvalue weighted by Gasteiger charge is -2.48. The topological polar surface area (TPSA) is 57.6 Å². The molecule has 1 fully saturated rings. The summed E-state index contributed by atoms with van der Waals surface area (Å²) in [6.07, 6.45) is 4.34. The number of anilines is 1. The second kappa shape index (κ2) is 8.43. The molecule has 33 heavy (non-hydrogen) atoms. The molecule has 3 amide bonds. The van der Waals surface area contributed by atoms with Crippen molar-refractivity contribution >= 4 is 17.6 Å². The number of para-hydroxylation sites is 2. The van der Waals surface area contributed by atoms with Gasteiger partial charge in [0.15, 0.2) is 0 Å². The smallest absolute Gasteiger partial charge is 0.322 e. The Kier molecular flexibility index (Phi) is 5.44. The van der Waals surface area contributed by atoms with Crippen LogP contribution >= 0.6 is 0 Å². The van der Waals surface area contributed by atoms with E-state index in [0.717, 1.165) is 34.6 Å². The van der Waals surface area contributed by atoms with Gasteiger partial charge >= 0.3 is 6.03 Å². The molecule has 2 aromatic carbocycles. The van der Waals surface area contributed by atoms with Gasteiger partial charge in [-0.25, -0.2) is 4.79 Å². The van der Waals surface area contributed by atoms with Crippen LogP contribution in [-0.4, -0.2) is 39.4 Å². The lowest BCUT2D eigenvalue weighted by Crippen LogP contribution is -2.56. The Bertz CT molecular complexity index is 1190. The molecule has 170 valence electrons. The maximum atomic E-state index is 13.9. The maximum absolute atomic E-state index is 13.9. The highest BCUT2D eigenvalue weighted by Gasteiger charge is 2.47. The molecule has 1 spiro atoms. The lowest BCUT2D eigenvalue weighted by molar-refractivity contribution is -0.131. The highest BCUT2D eigenvalue weighted by atomic mass is 16.2. The minimum atomic E-state index is -0.500. The zero-order valence-electron chi connectivity index (χ0n) is 19.3. The van der Waals surface area contributed by atoms with Crippen LogP contribution in [0, 0.1) is 0 Å². The largest absolute Gasteiger partial charge is 0.343 e. The van der Waals surface area contributed by atoms with Crippen molar-refractivity contribution in [2.75, 3.05) is 18.4 Å². The lowest BCUT2D eigenvalue weighted by atomic mass is 9.82. The minimum absolute atomic E-state index is 0.0880. The van der Waals surface area contributed by atoms with E-state index in [9.17, 15) is 9.59 Å². The van der Waals surface area contributed by atoms with Crippen molar-refractivity contribution in [1.29, 1.82) is 0 Å². The molecule has 6 nitrogen and oxygen atoms in total. The molecule has 3 heterocycles. The first-order valence-corrected chi connectivity index (χ1v) is 11.7. The molecule has 3 aromatic rings. The number of hydrogen-bond acceptors (Lipinski definition) is 2. The van der Waals surface area contributed by atoms with Gasteiger partial charge < -0.3 is 19.7 Å². The van der Waals surface area contributed by atoms with Crippen LogP contribution in [0.4, 0.5) is 10.5 Å². The number of fused-ring (bicyclic) bond motifs is 4. The predicted molar refractivity (Wildman–Crippen MR) is 129 cm³/mol. The highest BCUT2D eigenvalue weighted by Crippen LogP contribution is 2.44. The molecular formula is C27H30N4O2. The Balaban J connectivity index is 1.60. The molecule has 5 rings (SSSR count). The van der Waals surface area contributed by atoms with Gasteiger partial charge in [-0.1, -0.05) is 43.3 Å². The summed E-state index contributed by atoms with van der Waals surface area (Å²) < 4.78 is 2.23. The number of aryl methyl sites for hydroxylation is 1. The van der Waals surface area contributed by atoms with Gasteiger partial charge in [0.2, 0.25) is 5.91 Å². The fraction of sp³-hybridized carbons (Fsp3) is 0.333. The van der Waals surface area contributed by atoms with Crippen molar-refractivity contribution in [3.8, 4) is 5.69 Å². The quantitative estimate of drug-likeness (QED) is 0.612. The Hall–Kier alpha value is -3.54. The number of likely N-dealkylation sites (tertiary alicyclic amines) is 1. The predicted octanol–water partition coefficient (Wildman–Crippen LogP) is 4.93. The second-order valence-corrected chi connectivity index (χ2v) is 8.96. The number of nitrogens with zero attached hydrogens (tertiary/aromatic N) is 3. The summed E-state index contributed by atoms with van der Waals surface area (Å²) in [6, 6.07) is 20.4. The molecule has 1 N–H and O–H groups in total. The molecule has 1 aromatic heterocycles. The number of carbonyl (C=O) groups excluding carboxylic acids is 2. The number of nitrogens with one attached hydrogen (secondary N) is 1. The molecule has 1 saturated heterocycles. The standard InChI is InChI=1S/C27H30N4O2/c1-3-21-9-4-6-11-23(21)28-26(33)31-19-22-10-5-7-12-24(22)30-16-8-13-25(30)27(31)14-17-29(18-15-27)20(2)32/h4-13,16H,3,14-15,17-19H2,1-2H3,(H,28,33). The number of carbonyl (C=O) groups is 2. The number of hydrogen-bond donors (Lipinski definition) is 1. The first-order chi connectivity index (χ1) is 16.0. The summed E-state index contributed by atoms with van der Waals surface area (Å²) in [5, 5.41) is 3.22. The zero-order chi connectivity index (χ0) is 23.0. The van der Waals surface area contributed by atoms with E-state index in [1.165, 1.54) is 0 Å². The van der Waals surface area contributed by atoms with Crippen molar-refractivity contribution in [2.45, 2.75) is 45.2 Å². The Morgan fingerprint density at radius 2 is 1.70 bits per heavy atom. The molecule has 0 saturated carbocycles. The van der Waals surface area contributed by atoms with Gasteiger partial charge in [0, 0.05) is 37.6 Å². The van der Waals surface area contributed by atoms with E-state index in [0.29, 0.717) is 32.5 Å². The number of piperidine rings is 1. The molecule has 0 atom stereocenters. The van der Waals surface area contributed by atoms with E-state index >= 15 is 0 Å². The Morgan fingerprint density at radius 3 is 2.45 bits per heavy atom. The van der Waals surface area contributed by atoms with E-state index < -0.39 is 5.54 Å². The van der Waals surface area contributed by atoms with E-state index in [1.54, 1.807) is 6.92 Å². The third-order valence-corrected chi connectivity index (χ3v) is 7.24. The maximum Gasteiger partial charge on any atom is 0.322 e. The van der Waals surface area contributed by atoms with Crippen molar-refractivity contribution in [2.24, 2.45) is 0 Å². The van der Waals surface area contributed by atoms with E-state index in [-0.39, 0.29) is 11.9 Å². The van der Waals surface area contributed by atoms with Gasteiger partial charge in [0.05, 0.1) is 17.8 Å². The molecule has 0 unspecified atom stereocenters. The van der Waals surface area contributed by atoms with Crippen LogP contribution in [0.5, 0.6) is 0 Å². The van der Waals surface area contributed by atoms with Gasteiger partial charge in [0.25, 0.3) is 0 Å². The SMILES string of the molecule is CCc1ccccc1NC(=O)N1Cc2ccccc2-n2cccc2C12CCN(C(C)=O)CC2. The van der Waals surface area contributed by atoms with Gasteiger partial charge in [-0.2, -0.15) is 0 Å². The third kappa shape index (κ3) is 3.59. The average Bonchev–Trinajstić information content (AvgIpc) is 3.30. The van der Waals surface area contributed by atoms with Crippen LogP contribution in [0.3, 0.4) is 0 Å². The summed E-state index contributed by atoms with van der Waals surface area (Å²) in [5.41, 5.74) is 4.79.